The number of nitrogens with zero attached hydrogens (tertiary/aromatic N) is 3. The first-order chi connectivity index (χ1) is 7.25. The molecule has 2 aromatic heterocycles. The molecule has 0 radical (unpaired) electrons. The van der Waals surface area contributed by atoms with Gasteiger partial charge in [-0.2, -0.15) is 0 Å². The molecule has 2 heterocycles. The van der Waals surface area contributed by atoms with Crippen LogP contribution >= 0.6 is 15.9 Å². The summed E-state index contributed by atoms with van der Waals surface area (Å²) >= 11 is 3.34. The highest BCUT2D eigenvalue weighted by Crippen LogP contribution is 2.14. The van der Waals surface area contributed by atoms with Gasteiger partial charge < -0.3 is 0 Å². The van der Waals surface area contributed by atoms with Crippen molar-refractivity contribution in [1.29, 1.82) is 0 Å². The smallest absolute Gasteiger partial charge is 0.298 e. The molecule has 1 N–H and O–H groups in total. The highest BCUT2D eigenvalue weighted by atomic mass is 79.9. The van der Waals surface area contributed by atoms with Crippen molar-refractivity contribution >= 4 is 32.6 Å². The van der Waals surface area contributed by atoms with Crippen LogP contribution in [-0.2, 0) is 0 Å². The minimum Gasteiger partial charge on any atom is -0.298 e. The topological polar surface area (TPSA) is 75.9 Å². The summed E-state index contributed by atoms with van der Waals surface area (Å²) in [5.41, 5.74) is 0.998. The van der Waals surface area contributed by atoms with Crippen molar-refractivity contribution in [2.45, 2.75) is 0 Å². The molecule has 1 aromatic carbocycles. The molecule has 3 rings (SSSR count). The lowest BCUT2D eigenvalue weighted by Gasteiger charge is -1.91. The van der Waals surface area contributed by atoms with E-state index in [1.54, 1.807) is 6.07 Å². The zero-order chi connectivity index (χ0) is 10.4. The maximum Gasteiger partial charge on any atom is 0.464 e. The Morgan fingerprint density at radius 1 is 1.40 bits per heavy atom. The van der Waals surface area contributed by atoms with E-state index >= 15 is 0 Å². The molecule has 0 amide bonds. The fraction of sp³-hybridized carbons (Fsp3) is 0. The van der Waals surface area contributed by atoms with Crippen molar-refractivity contribution in [3.8, 4) is 0 Å². The minimum absolute atomic E-state index is 0.139. The molecule has 0 fully saturated rings. The lowest BCUT2D eigenvalue weighted by Crippen LogP contribution is -2.27. The molecule has 0 aliphatic carbocycles. The average molecular weight is 268 g/mol. The van der Waals surface area contributed by atoms with E-state index in [2.05, 4.69) is 35.9 Å². The Labute approximate surface area is 90.6 Å². The van der Waals surface area contributed by atoms with E-state index in [1.165, 1.54) is 4.52 Å². The van der Waals surface area contributed by atoms with Crippen LogP contribution in [0.5, 0.6) is 0 Å². The molecule has 7 heteroatoms. The molecular weight excluding hydrogens is 264 g/mol. The fourth-order valence-corrected chi connectivity index (χ4v) is 1.73. The number of halogens is 1. The second kappa shape index (κ2) is 2.86. The van der Waals surface area contributed by atoms with E-state index in [9.17, 15) is 4.79 Å². The molecule has 0 aliphatic heterocycles. The van der Waals surface area contributed by atoms with Gasteiger partial charge in [-0.15, -0.1) is 0 Å². The van der Waals surface area contributed by atoms with Crippen LogP contribution in [0.25, 0.3) is 16.7 Å². The van der Waals surface area contributed by atoms with Crippen molar-refractivity contribution in [3.63, 3.8) is 0 Å². The van der Waals surface area contributed by atoms with Gasteiger partial charge in [-0.1, -0.05) is 25.7 Å². The number of aromatic amines is 1. The largest absolute Gasteiger partial charge is 0.464 e. The van der Waals surface area contributed by atoms with Gasteiger partial charge >= 0.3 is 11.3 Å². The van der Waals surface area contributed by atoms with Gasteiger partial charge in [0.15, 0.2) is 11.0 Å². The first-order valence-electron chi connectivity index (χ1n) is 4.11. The molecule has 0 atom stereocenters. The van der Waals surface area contributed by atoms with E-state index < -0.39 is 5.63 Å². The third-order valence-electron chi connectivity index (χ3n) is 2.05. The van der Waals surface area contributed by atoms with Gasteiger partial charge in [-0.25, -0.2) is 4.79 Å². The van der Waals surface area contributed by atoms with Gasteiger partial charge in [-0.3, -0.25) is 4.52 Å². The number of hydrogen-bond acceptors (Lipinski definition) is 4. The number of fused-ring (bicyclic) bond motifs is 3. The predicted molar refractivity (Wildman–Crippen MR) is 53.3 cm³/mol. The van der Waals surface area contributed by atoms with E-state index in [-0.39, 0.29) is 5.65 Å². The van der Waals surface area contributed by atoms with E-state index in [4.69, 9.17) is 0 Å². The fourth-order valence-electron chi connectivity index (χ4n) is 1.38. The van der Waals surface area contributed by atoms with Crippen molar-refractivity contribution < 1.29 is 9.04 Å². The maximum atomic E-state index is 11.2. The predicted octanol–water partition coefficient (Wildman–Crippen LogP) is 0.412. The van der Waals surface area contributed by atoms with Gasteiger partial charge in [0, 0.05) is 10.5 Å². The highest BCUT2D eigenvalue weighted by Gasteiger charge is 2.18. The van der Waals surface area contributed by atoms with Crippen LogP contribution in [0.15, 0.2) is 32.0 Å². The van der Waals surface area contributed by atoms with Gasteiger partial charge in [0.1, 0.15) is 0 Å². The third kappa shape index (κ3) is 1.16. The zero-order valence-corrected chi connectivity index (χ0v) is 8.85. The SMILES string of the molecule is O=c1o[nH][n+]2c1nnc1ccc(Br)cc12. The Morgan fingerprint density at radius 2 is 2.27 bits per heavy atom. The molecule has 0 unspecified atom stereocenters. The lowest BCUT2D eigenvalue weighted by molar-refractivity contribution is -0.570. The Bertz CT molecular complexity index is 717. The van der Waals surface area contributed by atoms with Gasteiger partial charge in [-0.05, 0) is 17.2 Å². The van der Waals surface area contributed by atoms with Gasteiger partial charge in [0.05, 0.1) is 5.10 Å². The number of aromatic nitrogens is 4. The van der Waals surface area contributed by atoms with E-state index in [1.807, 2.05) is 12.1 Å². The Kier molecular flexibility index (Phi) is 1.63. The standard InChI is InChI=1S/C8H3BrN4O2/c9-4-1-2-5-6(3-4)13-7(11-10-5)8(14)15-12-13/h1-3H/p+1. The second-order valence-corrected chi connectivity index (χ2v) is 3.89. The molecule has 3 aromatic rings. The van der Waals surface area contributed by atoms with E-state index in [0.29, 0.717) is 5.52 Å². The molecule has 0 saturated heterocycles. The van der Waals surface area contributed by atoms with Crippen LogP contribution in [0.2, 0.25) is 0 Å². The third-order valence-corrected chi connectivity index (χ3v) is 2.55. The summed E-state index contributed by atoms with van der Waals surface area (Å²) < 4.78 is 6.97. The molecule has 6 nitrogen and oxygen atoms in total. The monoisotopic (exact) mass is 267 g/mol. The summed E-state index contributed by atoms with van der Waals surface area (Å²) in [5.74, 6) is 0. The molecule has 74 valence electrons. The molecule has 0 bridgehead atoms. The first-order valence-corrected chi connectivity index (χ1v) is 4.90. The Hall–Kier alpha value is -1.76. The normalized spacial score (nSPS) is 11.3. The van der Waals surface area contributed by atoms with Gasteiger partial charge in [0.2, 0.25) is 0 Å². The lowest BCUT2D eigenvalue weighted by atomic mass is 10.3. The van der Waals surface area contributed by atoms with Gasteiger partial charge in [0.25, 0.3) is 0 Å². The molecular formula is C8H4BrN4O2+. The highest BCUT2D eigenvalue weighted by molar-refractivity contribution is 9.10. The van der Waals surface area contributed by atoms with Crippen LogP contribution in [0, 0.1) is 0 Å². The minimum atomic E-state index is -0.538. The van der Waals surface area contributed by atoms with Crippen molar-refractivity contribution in [2.24, 2.45) is 0 Å². The summed E-state index contributed by atoms with van der Waals surface area (Å²) in [5, 5.41) is 10.1. The number of rotatable bonds is 0. The zero-order valence-electron chi connectivity index (χ0n) is 7.27. The summed E-state index contributed by atoms with van der Waals surface area (Å²) in [6.45, 7) is 0. The average Bonchev–Trinajstić information content (AvgIpc) is 2.61. The van der Waals surface area contributed by atoms with Crippen LogP contribution in [0.1, 0.15) is 0 Å². The number of nitrogens with one attached hydrogen (secondary N) is 1. The molecule has 0 aliphatic rings. The van der Waals surface area contributed by atoms with Crippen LogP contribution < -0.4 is 10.1 Å². The summed E-state index contributed by atoms with van der Waals surface area (Å²) in [4.78, 5) is 11.2. The van der Waals surface area contributed by atoms with E-state index in [0.717, 1.165) is 9.99 Å². The number of benzene rings is 1. The van der Waals surface area contributed by atoms with Crippen LogP contribution in [-0.4, -0.2) is 15.5 Å². The summed E-state index contributed by atoms with van der Waals surface area (Å²) in [7, 11) is 0. The molecule has 15 heavy (non-hydrogen) atoms. The maximum absolute atomic E-state index is 11.2. The molecule has 0 saturated carbocycles. The van der Waals surface area contributed by atoms with Crippen molar-refractivity contribution in [3.05, 3.63) is 33.1 Å². The Balaban J connectivity index is 2.63. The number of H-pyrrole nitrogens is 1. The van der Waals surface area contributed by atoms with Crippen molar-refractivity contribution in [2.75, 3.05) is 0 Å². The molecule has 0 spiro atoms. The summed E-state index contributed by atoms with van der Waals surface area (Å²) in [6.07, 6.45) is 0. The Morgan fingerprint density at radius 3 is 3.13 bits per heavy atom. The number of hydrogen-bond donors (Lipinski definition) is 1. The van der Waals surface area contributed by atoms with Crippen LogP contribution in [0.3, 0.4) is 0 Å². The quantitative estimate of drug-likeness (QED) is 0.599. The van der Waals surface area contributed by atoms with Crippen LogP contribution in [0.4, 0.5) is 0 Å². The van der Waals surface area contributed by atoms with Crippen molar-refractivity contribution in [1.82, 2.24) is 15.5 Å². The second-order valence-electron chi connectivity index (χ2n) is 2.97. The summed E-state index contributed by atoms with van der Waals surface area (Å²) in [6, 6.07) is 5.47. The first kappa shape index (κ1) is 8.54.